The van der Waals surface area contributed by atoms with Crippen molar-refractivity contribution in [2.75, 3.05) is 11.9 Å². The van der Waals surface area contributed by atoms with Crippen molar-refractivity contribution in [2.45, 2.75) is 6.92 Å². The smallest absolute Gasteiger partial charge is 0.262 e. The Morgan fingerprint density at radius 1 is 1.21 bits per heavy atom. The summed E-state index contributed by atoms with van der Waals surface area (Å²) in [6.07, 6.45) is 1.69. The number of amides is 1. The normalized spacial score (nSPS) is 10.9. The van der Waals surface area contributed by atoms with Crippen molar-refractivity contribution in [1.82, 2.24) is 0 Å². The first-order valence-electron chi connectivity index (χ1n) is 8.69. The van der Waals surface area contributed by atoms with Crippen molar-refractivity contribution in [3.63, 3.8) is 0 Å². The molecule has 0 spiro atoms. The zero-order chi connectivity index (χ0) is 20.8. The number of benzene rings is 3. The third-order valence-electron chi connectivity index (χ3n) is 3.92. The van der Waals surface area contributed by atoms with Crippen LogP contribution in [0.5, 0.6) is 5.75 Å². The number of hydrogen-bond acceptors (Lipinski definition) is 3. The molecule has 1 amide bonds. The van der Waals surface area contributed by atoms with Crippen LogP contribution < -0.4 is 10.1 Å². The molecular formula is C22H17BrClFN2O2. The molecule has 0 saturated heterocycles. The molecule has 0 radical (unpaired) electrons. The molecule has 0 saturated carbocycles. The molecule has 1 N–H and O–H groups in total. The Labute approximate surface area is 181 Å². The van der Waals surface area contributed by atoms with Crippen LogP contribution in [0.15, 0.2) is 70.1 Å². The van der Waals surface area contributed by atoms with Gasteiger partial charge in [0.05, 0.1) is 16.4 Å². The average molecular weight is 476 g/mol. The molecule has 148 valence electrons. The van der Waals surface area contributed by atoms with Crippen LogP contribution in [0.1, 0.15) is 11.1 Å². The third kappa shape index (κ3) is 5.89. The fourth-order valence-corrected chi connectivity index (χ4v) is 3.31. The van der Waals surface area contributed by atoms with Crippen molar-refractivity contribution in [3.05, 3.63) is 87.1 Å². The standard InChI is InChI=1S/C22H17BrClFN2O2/c1-14-6-8-19(16(23)10-14)26-12-15-7-9-21(17(24)11-15)29-13-22(28)27-20-5-3-2-4-18(20)25/h2-12H,13H2,1H3,(H,27,28). The van der Waals surface area contributed by atoms with Crippen LogP contribution in [0.25, 0.3) is 0 Å². The number of carbonyl (C=O) groups is 1. The summed E-state index contributed by atoms with van der Waals surface area (Å²) in [5.41, 5.74) is 2.82. The number of para-hydroxylation sites is 1. The monoisotopic (exact) mass is 474 g/mol. The summed E-state index contributed by atoms with van der Waals surface area (Å²) in [5, 5.41) is 2.79. The lowest BCUT2D eigenvalue weighted by atomic mass is 10.2. The van der Waals surface area contributed by atoms with E-state index in [1.165, 1.54) is 12.1 Å². The van der Waals surface area contributed by atoms with Crippen molar-refractivity contribution in [2.24, 2.45) is 4.99 Å². The molecule has 0 atom stereocenters. The van der Waals surface area contributed by atoms with Crippen molar-refractivity contribution < 1.29 is 13.9 Å². The van der Waals surface area contributed by atoms with Crippen LogP contribution in [-0.4, -0.2) is 18.7 Å². The Kier molecular flexibility index (Phi) is 7.01. The van der Waals surface area contributed by atoms with E-state index in [4.69, 9.17) is 16.3 Å². The molecule has 0 unspecified atom stereocenters. The van der Waals surface area contributed by atoms with Gasteiger partial charge in [0.1, 0.15) is 11.6 Å². The van der Waals surface area contributed by atoms with E-state index in [2.05, 4.69) is 26.2 Å². The van der Waals surface area contributed by atoms with Crippen LogP contribution >= 0.6 is 27.5 Å². The molecule has 0 aromatic heterocycles. The fourth-order valence-electron chi connectivity index (χ4n) is 2.47. The number of rotatable bonds is 6. The Balaban J connectivity index is 1.61. The first kappa shape index (κ1) is 21.0. The highest BCUT2D eigenvalue weighted by Crippen LogP contribution is 2.28. The second-order valence-electron chi connectivity index (χ2n) is 6.22. The lowest BCUT2D eigenvalue weighted by molar-refractivity contribution is -0.118. The first-order valence-corrected chi connectivity index (χ1v) is 9.86. The fraction of sp³-hybridized carbons (Fsp3) is 0.0909. The van der Waals surface area contributed by atoms with Crippen molar-refractivity contribution in [1.29, 1.82) is 0 Å². The number of carbonyl (C=O) groups excluding carboxylic acids is 1. The summed E-state index contributed by atoms with van der Waals surface area (Å²) >= 11 is 9.73. The zero-order valence-corrected chi connectivity index (χ0v) is 17.8. The van der Waals surface area contributed by atoms with Gasteiger partial charge >= 0.3 is 0 Å². The number of halogens is 3. The summed E-state index contributed by atoms with van der Waals surface area (Å²) in [5.74, 6) is -0.646. The lowest BCUT2D eigenvalue weighted by Gasteiger charge is -2.09. The van der Waals surface area contributed by atoms with Crippen molar-refractivity contribution in [3.8, 4) is 5.75 Å². The second-order valence-corrected chi connectivity index (χ2v) is 7.48. The van der Waals surface area contributed by atoms with Gasteiger partial charge in [-0.05, 0) is 76.4 Å². The maximum Gasteiger partial charge on any atom is 0.262 e. The number of nitrogens with one attached hydrogen (secondary N) is 1. The molecule has 7 heteroatoms. The molecule has 29 heavy (non-hydrogen) atoms. The molecule has 0 fully saturated rings. The minimum atomic E-state index is -0.511. The van der Waals surface area contributed by atoms with Gasteiger partial charge in [-0.15, -0.1) is 0 Å². The van der Waals surface area contributed by atoms with Gasteiger partial charge < -0.3 is 10.1 Å². The van der Waals surface area contributed by atoms with E-state index in [0.717, 1.165) is 21.3 Å². The van der Waals surface area contributed by atoms with Crippen LogP contribution in [0, 0.1) is 12.7 Å². The largest absolute Gasteiger partial charge is 0.482 e. The Morgan fingerprint density at radius 2 is 2.00 bits per heavy atom. The number of ether oxygens (including phenoxy) is 1. The summed E-state index contributed by atoms with van der Waals surface area (Å²) in [6.45, 7) is 1.71. The maximum absolute atomic E-state index is 13.6. The number of anilines is 1. The van der Waals surface area contributed by atoms with E-state index >= 15 is 0 Å². The van der Waals surface area contributed by atoms with Gasteiger partial charge in [-0.25, -0.2) is 4.39 Å². The molecule has 0 heterocycles. The van der Waals surface area contributed by atoms with Gasteiger partial charge in [0.25, 0.3) is 5.91 Å². The lowest BCUT2D eigenvalue weighted by Crippen LogP contribution is -2.20. The minimum Gasteiger partial charge on any atom is -0.482 e. The predicted molar refractivity (Wildman–Crippen MR) is 118 cm³/mol. The molecule has 3 rings (SSSR count). The summed E-state index contributed by atoms with van der Waals surface area (Å²) in [7, 11) is 0. The molecule has 0 aliphatic rings. The summed E-state index contributed by atoms with van der Waals surface area (Å²) in [4.78, 5) is 16.4. The zero-order valence-electron chi connectivity index (χ0n) is 15.5. The van der Waals surface area contributed by atoms with Crippen LogP contribution in [0.2, 0.25) is 5.02 Å². The first-order chi connectivity index (χ1) is 13.9. The minimum absolute atomic E-state index is 0.0982. The van der Waals surface area contributed by atoms with Gasteiger partial charge in [0.15, 0.2) is 6.61 Å². The highest BCUT2D eigenvalue weighted by Gasteiger charge is 2.09. The molecule has 0 bridgehead atoms. The van der Waals surface area contributed by atoms with Gasteiger partial charge in [-0.1, -0.05) is 29.8 Å². The van der Waals surface area contributed by atoms with E-state index in [9.17, 15) is 9.18 Å². The van der Waals surface area contributed by atoms with E-state index < -0.39 is 11.7 Å². The predicted octanol–water partition coefficient (Wildman–Crippen LogP) is 6.32. The second kappa shape index (κ2) is 9.67. The van der Waals surface area contributed by atoms with Gasteiger partial charge in [-0.2, -0.15) is 0 Å². The summed E-state index contributed by atoms with van der Waals surface area (Å²) in [6, 6.07) is 16.9. The van der Waals surface area contributed by atoms with E-state index in [-0.39, 0.29) is 12.3 Å². The maximum atomic E-state index is 13.6. The number of aryl methyl sites for hydroxylation is 1. The molecule has 4 nitrogen and oxygen atoms in total. The number of nitrogens with zero attached hydrogens (tertiary/aromatic N) is 1. The molecule has 0 aliphatic heterocycles. The van der Waals surface area contributed by atoms with Crippen LogP contribution in [0.4, 0.5) is 15.8 Å². The Bertz CT molecular complexity index is 1070. The van der Waals surface area contributed by atoms with E-state index in [1.807, 2.05) is 25.1 Å². The Hall–Kier alpha value is -2.70. The van der Waals surface area contributed by atoms with Gasteiger partial charge in [0, 0.05) is 10.7 Å². The van der Waals surface area contributed by atoms with Crippen LogP contribution in [0.3, 0.4) is 0 Å². The third-order valence-corrected chi connectivity index (χ3v) is 4.85. The number of aliphatic imine (C=N–C) groups is 1. The highest BCUT2D eigenvalue weighted by molar-refractivity contribution is 9.10. The van der Waals surface area contributed by atoms with E-state index in [1.54, 1.807) is 36.5 Å². The van der Waals surface area contributed by atoms with Crippen LogP contribution in [-0.2, 0) is 4.79 Å². The molecule has 3 aromatic carbocycles. The quantitative estimate of drug-likeness (QED) is 0.424. The Morgan fingerprint density at radius 3 is 2.72 bits per heavy atom. The van der Waals surface area contributed by atoms with Crippen molar-refractivity contribution >= 4 is 51.0 Å². The topological polar surface area (TPSA) is 50.7 Å². The molecular weight excluding hydrogens is 459 g/mol. The number of hydrogen-bond donors (Lipinski definition) is 1. The van der Waals surface area contributed by atoms with Gasteiger partial charge in [0.2, 0.25) is 0 Å². The molecule has 0 aliphatic carbocycles. The average Bonchev–Trinajstić information content (AvgIpc) is 2.68. The highest BCUT2D eigenvalue weighted by atomic mass is 79.9. The molecule has 3 aromatic rings. The van der Waals surface area contributed by atoms with Gasteiger partial charge in [-0.3, -0.25) is 9.79 Å². The summed E-state index contributed by atoms with van der Waals surface area (Å²) < 4.78 is 19.9. The SMILES string of the molecule is Cc1ccc(N=Cc2ccc(OCC(=O)Nc3ccccc3F)c(Cl)c2)c(Br)c1. The van der Waals surface area contributed by atoms with E-state index in [0.29, 0.717) is 10.8 Å².